The molecule has 1 aromatic rings. The van der Waals surface area contributed by atoms with Gasteiger partial charge in [-0.25, -0.2) is 0 Å². The minimum absolute atomic E-state index is 0.653. The van der Waals surface area contributed by atoms with Gasteiger partial charge in [0.2, 0.25) is 0 Å². The Morgan fingerprint density at radius 3 is 1.20 bits per heavy atom. The van der Waals surface area contributed by atoms with Gasteiger partial charge in [-0.3, -0.25) is 0 Å². The van der Waals surface area contributed by atoms with Crippen LogP contribution in [-0.2, 0) is 14.2 Å². The van der Waals surface area contributed by atoms with Gasteiger partial charge in [-0.15, -0.1) is 0 Å². The molecule has 0 N–H and O–H groups in total. The summed E-state index contributed by atoms with van der Waals surface area (Å²) in [5.41, 5.74) is 0. The molecule has 0 spiro atoms. The third-order valence-electron chi connectivity index (χ3n) is 1.53. The van der Waals surface area contributed by atoms with Crippen molar-refractivity contribution in [3.8, 4) is 0 Å². The molecule has 15 heavy (non-hydrogen) atoms. The number of hydrogen-bond donors (Lipinski definition) is 0. The third-order valence-corrected chi connectivity index (χ3v) is 1.53. The standard InChI is InChI=1S/C6H14O3.C6H6/c1-7-3-5-9-6-4-8-2;1-2-4-6-5-3-1/h3-6H2,1-2H3;1-6H. The lowest BCUT2D eigenvalue weighted by molar-refractivity contribution is 0.0385. The van der Waals surface area contributed by atoms with Crippen molar-refractivity contribution in [2.75, 3.05) is 40.6 Å². The van der Waals surface area contributed by atoms with E-state index >= 15 is 0 Å². The van der Waals surface area contributed by atoms with Crippen molar-refractivity contribution in [3.63, 3.8) is 0 Å². The molecule has 86 valence electrons. The van der Waals surface area contributed by atoms with E-state index in [1.54, 1.807) is 14.2 Å². The van der Waals surface area contributed by atoms with Crippen LogP contribution in [0.5, 0.6) is 0 Å². The van der Waals surface area contributed by atoms with Gasteiger partial charge >= 0.3 is 0 Å². The molecular formula is C12H20O3. The van der Waals surface area contributed by atoms with Crippen molar-refractivity contribution in [1.82, 2.24) is 0 Å². The van der Waals surface area contributed by atoms with Crippen LogP contribution in [0.1, 0.15) is 0 Å². The lowest BCUT2D eigenvalue weighted by Crippen LogP contribution is -2.06. The van der Waals surface area contributed by atoms with Crippen LogP contribution in [0.4, 0.5) is 0 Å². The molecule has 1 rings (SSSR count). The molecule has 0 unspecified atom stereocenters. The van der Waals surface area contributed by atoms with Gasteiger partial charge < -0.3 is 14.2 Å². The molecule has 1 aromatic carbocycles. The minimum atomic E-state index is 0.653. The van der Waals surface area contributed by atoms with Gasteiger partial charge in [0, 0.05) is 14.2 Å². The Kier molecular flexibility index (Phi) is 12.3. The van der Waals surface area contributed by atoms with Crippen LogP contribution in [0, 0.1) is 0 Å². The van der Waals surface area contributed by atoms with Crippen LogP contribution in [0.2, 0.25) is 0 Å². The average Bonchev–Trinajstić information content (AvgIpc) is 2.32. The Morgan fingerprint density at radius 1 is 0.600 bits per heavy atom. The van der Waals surface area contributed by atoms with Gasteiger partial charge in [0.15, 0.2) is 0 Å². The molecule has 0 saturated carbocycles. The molecule has 0 heterocycles. The normalized spacial score (nSPS) is 9.20. The van der Waals surface area contributed by atoms with Crippen molar-refractivity contribution < 1.29 is 14.2 Å². The van der Waals surface area contributed by atoms with E-state index in [0.717, 1.165) is 0 Å². The summed E-state index contributed by atoms with van der Waals surface area (Å²) in [5.74, 6) is 0. The Bertz CT molecular complexity index is 157. The summed E-state index contributed by atoms with van der Waals surface area (Å²) in [6, 6.07) is 12.0. The van der Waals surface area contributed by atoms with Crippen LogP contribution in [-0.4, -0.2) is 40.6 Å². The summed E-state index contributed by atoms with van der Waals surface area (Å²) in [4.78, 5) is 0. The van der Waals surface area contributed by atoms with E-state index in [-0.39, 0.29) is 0 Å². The summed E-state index contributed by atoms with van der Waals surface area (Å²) < 4.78 is 14.6. The zero-order chi connectivity index (χ0) is 11.2. The van der Waals surface area contributed by atoms with Crippen molar-refractivity contribution in [2.24, 2.45) is 0 Å². The first kappa shape index (κ1) is 14.1. The smallest absolute Gasteiger partial charge is 0.0701 e. The van der Waals surface area contributed by atoms with E-state index in [1.165, 1.54) is 0 Å². The van der Waals surface area contributed by atoms with Gasteiger partial charge in [0.25, 0.3) is 0 Å². The molecule has 0 atom stereocenters. The molecule has 0 saturated heterocycles. The first-order valence-corrected chi connectivity index (χ1v) is 4.97. The summed E-state index contributed by atoms with van der Waals surface area (Å²) >= 11 is 0. The summed E-state index contributed by atoms with van der Waals surface area (Å²) in [5, 5.41) is 0. The number of methoxy groups -OCH3 is 2. The van der Waals surface area contributed by atoms with Gasteiger partial charge in [-0.05, 0) is 0 Å². The molecule has 0 bridgehead atoms. The van der Waals surface area contributed by atoms with E-state index in [4.69, 9.17) is 14.2 Å². The maximum absolute atomic E-state index is 5.06. The second kappa shape index (κ2) is 13.1. The van der Waals surface area contributed by atoms with Gasteiger partial charge in [0.05, 0.1) is 26.4 Å². The fraction of sp³-hybridized carbons (Fsp3) is 0.500. The second-order valence-corrected chi connectivity index (χ2v) is 2.75. The molecule has 0 fully saturated rings. The van der Waals surface area contributed by atoms with Crippen LogP contribution in [0.3, 0.4) is 0 Å². The van der Waals surface area contributed by atoms with Crippen LogP contribution in [0.25, 0.3) is 0 Å². The number of ether oxygens (including phenoxy) is 3. The van der Waals surface area contributed by atoms with Crippen molar-refractivity contribution >= 4 is 0 Å². The molecule has 0 aliphatic heterocycles. The van der Waals surface area contributed by atoms with E-state index < -0.39 is 0 Å². The molecule has 0 amide bonds. The average molecular weight is 212 g/mol. The van der Waals surface area contributed by atoms with Gasteiger partial charge in [-0.2, -0.15) is 0 Å². The third kappa shape index (κ3) is 13.1. The zero-order valence-electron chi connectivity index (χ0n) is 9.52. The van der Waals surface area contributed by atoms with E-state index in [9.17, 15) is 0 Å². The maximum Gasteiger partial charge on any atom is 0.0701 e. The maximum atomic E-state index is 5.06. The summed E-state index contributed by atoms with van der Waals surface area (Å²) in [7, 11) is 3.30. The molecular weight excluding hydrogens is 192 g/mol. The van der Waals surface area contributed by atoms with E-state index in [1.807, 2.05) is 36.4 Å². The largest absolute Gasteiger partial charge is 0.382 e. The highest BCUT2D eigenvalue weighted by atomic mass is 16.5. The predicted molar refractivity (Wildman–Crippen MR) is 61.0 cm³/mol. The Balaban J connectivity index is 0.000000280. The first-order valence-electron chi connectivity index (χ1n) is 4.97. The van der Waals surface area contributed by atoms with Crippen LogP contribution >= 0.6 is 0 Å². The summed E-state index contributed by atoms with van der Waals surface area (Å²) in [6.07, 6.45) is 0. The molecule has 0 aliphatic rings. The minimum Gasteiger partial charge on any atom is -0.382 e. The van der Waals surface area contributed by atoms with Crippen LogP contribution < -0.4 is 0 Å². The van der Waals surface area contributed by atoms with Crippen molar-refractivity contribution in [3.05, 3.63) is 36.4 Å². The number of hydrogen-bond acceptors (Lipinski definition) is 3. The fourth-order valence-corrected chi connectivity index (χ4v) is 0.771. The molecule has 3 heteroatoms. The summed E-state index contributed by atoms with van der Waals surface area (Å²) in [6.45, 7) is 2.62. The quantitative estimate of drug-likeness (QED) is 0.675. The van der Waals surface area contributed by atoms with E-state index in [2.05, 4.69) is 0 Å². The first-order chi connectivity index (χ1) is 7.41. The van der Waals surface area contributed by atoms with Crippen molar-refractivity contribution in [1.29, 1.82) is 0 Å². The zero-order valence-corrected chi connectivity index (χ0v) is 9.52. The highest BCUT2D eigenvalue weighted by molar-refractivity contribution is 4.99. The molecule has 0 aliphatic carbocycles. The van der Waals surface area contributed by atoms with Gasteiger partial charge in [0.1, 0.15) is 0 Å². The highest BCUT2D eigenvalue weighted by Gasteiger charge is 1.84. The Morgan fingerprint density at radius 2 is 0.933 bits per heavy atom. The van der Waals surface area contributed by atoms with Crippen molar-refractivity contribution in [2.45, 2.75) is 0 Å². The predicted octanol–water partition coefficient (Wildman–Crippen LogP) is 1.98. The van der Waals surface area contributed by atoms with Gasteiger partial charge in [-0.1, -0.05) is 36.4 Å². The molecule has 3 nitrogen and oxygen atoms in total. The lowest BCUT2D eigenvalue weighted by atomic mass is 10.4. The van der Waals surface area contributed by atoms with E-state index in [0.29, 0.717) is 26.4 Å². The monoisotopic (exact) mass is 212 g/mol. The number of benzene rings is 1. The fourth-order valence-electron chi connectivity index (χ4n) is 0.771. The second-order valence-electron chi connectivity index (χ2n) is 2.75. The lowest BCUT2D eigenvalue weighted by Gasteiger charge is -2.00. The Labute approximate surface area is 92.0 Å². The molecule has 0 radical (unpaired) electrons. The molecule has 0 aromatic heterocycles. The topological polar surface area (TPSA) is 27.7 Å². The SMILES string of the molecule is COCCOCCOC.c1ccccc1. The Hall–Kier alpha value is -0.900. The number of rotatable bonds is 6. The highest BCUT2D eigenvalue weighted by Crippen LogP contribution is 1.80. The van der Waals surface area contributed by atoms with Crippen LogP contribution in [0.15, 0.2) is 36.4 Å².